The summed E-state index contributed by atoms with van der Waals surface area (Å²) in [6.45, 7) is 6.01. The highest BCUT2D eigenvalue weighted by Crippen LogP contribution is 2.10. The first-order valence-corrected chi connectivity index (χ1v) is 5.72. The number of carbonyl (C=O) groups is 1. The van der Waals surface area contributed by atoms with Crippen LogP contribution in [0.4, 0.5) is 4.39 Å². The zero-order valence-electron chi connectivity index (χ0n) is 10.5. The van der Waals surface area contributed by atoms with Crippen LogP contribution in [0.25, 0.3) is 0 Å². The lowest BCUT2D eigenvalue weighted by molar-refractivity contribution is 0.0927. The second-order valence-corrected chi connectivity index (χ2v) is 4.52. The lowest BCUT2D eigenvalue weighted by Gasteiger charge is -2.20. The summed E-state index contributed by atoms with van der Waals surface area (Å²) in [6.07, 6.45) is 0. The van der Waals surface area contributed by atoms with E-state index in [1.807, 2.05) is 13.8 Å². The Morgan fingerprint density at radius 3 is 2.59 bits per heavy atom. The quantitative estimate of drug-likeness (QED) is 0.841. The molecule has 1 aromatic carbocycles. The van der Waals surface area contributed by atoms with Gasteiger partial charge in [0.15, 0.2) is 0 Å². The smallest absolute Gasteiger partial charge is 0.251 e. The van der Waals surface area contributed by atoms with Gasteiger partial charge >= 0.3 is 0 Å². The van der Waals surface area contributed by atoms with Crippen LogP contribution in [0.1, 0.15) is 29.8 Å². The van der Waals surface area contributed by atoms with Crippen molar-refractivity contribution < 1.29 is 9.18 Å². The number of aryl methyl sites for hydroxylation is 1. The van der Waals surface area contributed by atoms with Crippen molar-refractivity contribution in [3.05, 3.63) is 35.1 Å². The number of carbonyl (C=O) groups excluding carboxylic acids is 1. The van der Waals surface area contributed by atoms with Crippen LogP contribution in [0.15, 0.2) is 18.2 Å². The van der Waals surface area contributed by atoms with Gasteiger partial charge in [-0.3, -0.25) is 4.79 Å². The van der Waals surface area contributed by atoms with E-state index in [-0.39, 0.29) is 23.7 Å². The van der Waals surface area contributed by atoms with Gasteiger partial charge in [-0.25, -0.2) is 4.39 Å². The van der Waals surface area contributed by atoms with E-state index < -0.39 is 0 Å². The van der Waals surface area contributed by atoms with Gasteiger partial charge in [0, 0.05) is 18.2 Å². The van der Waals surface area contributed by atoms with Crippen molar-refractivity contribution in [1.29, 1.82) is 0 Å². The fraction of sp³-hybridized carbons (Fsp3) is 0.462. The van der Waals surface area contributed by atoms with E-state index in [1.165, 1.54) is 12.1 Å². The van der Waals surface area contributed by atoms with Crippen LogP contribution < -0.4 is 11.1 Å². The Kier molecular flexibility index (Phi) is 4.63. The molecular formula is C13H19FN2O. The van der Waals surface area contributed by atoms with Crippen LogP contribution in [-0.4, -0.2) is 18.5 Å². The molecule has 0 saturated heterocycles. The number of halogens is 1. The highest BCUT2D eigenvalue weighted by molar-refractivity contribution is 5.94. The molecule has 0 saturated carbocycles. The number of amides is 1. The minimum absolute atomic E-state index is 0.0622. The topological polar surface area (TPSA) is 55.1 Å². The molecule has 3 N–H and O–H groups in total. The molecule has 0 aliphatic heterocycles. The first-order chi connectivity index (χ1) is 7.95. The minimum Gasteiger partial charge on any atom is -0.348 e. The van der Waals surface area contributed by atoms with Crippen molar-refractivity contribution in [1.82, 2.24) is 5.32 Å². The highest BCUT2D eigenvalue weighted by Gasteiger charge is 2.15. The van der Waals surface area contributed by atoms with Crippen LogP contribution in [0.2, 0.25) is 0 Å². The predicted molar refractivity (Wildman–Crippen MR) is 66.3 cm³/mol. The van der Waals surface area contributed by atoms with Gasteiger partial charge in [0.05, 0.1) is 0 Å². The fourth-order valence-electron chi connectivity index (χ4n) is 1.54. The zero-order valence-corrected chi connectivity index (χ0v) is 10.5. The van der Waals surface area contributed by atoms with E-state index in [9.17, 15) is 9.18 Å². The van der Waals surface area contributed by atoms with Crippen molar-refractivity contribution in [3.8, 4) is 0 Å². The van der Waals surface area contributed by atoms with Gasteiger partial charge in [0.1, 0.15) is 5.82 Å². The summed E-state index contributed by atoms with van der Waals surface area (Å²) >= 11 is 0. The molecule has 1 unspecified atom stereocenters. The number of rotatable bonds is 4. The standard InChI is InChI=1S/C13H19FN2O/c1-8(2)12(7-15)16-13(17)10-4-5-11(14)9(3)6-10/h4-6,8,12H,7,15H2,1-3H3,(H,16,17). The van der Waals surface area contributed by atoms with Gasteiger partial charge in [-0.15, -0.1) is 0 Å². The first kappa shape index (κ1) is 13.6. The summed E-state index contributed by atoms with van der Waals surface area (Å²) in [7, 11) is 0. The van der Waals surface area contributed by atoms with Crippen molar-refractivity contribution >= 4 is 5.91 Å². The third-order valence-electron chi connectivity index (χ3n) is 2.80. The lowest BCUT2D eigenvalue weighted by atomic mass is 10.0. The minimum atomic E-state index is -0.305. The van der Waals surface area contributed by atoms with Gasteiger partial charge in [-0.1, -0.05) is 13.8 Å². The van der Waals surface area contributed by atoms with E-state index in [4.69, 9.17) is 5.73 Å². The summed E-state index contributed by atoms with van der Waals surface area (Å²) in [4.78, 5) is 11.9. The molecule has 4 heteroatoms. The molecule has 17 heavy (non-hydrogen) atoms. The SMILES string of the molecule is Cc1cc(C(=O)NC(CN)C(C)C)ccc1F. The normalized spacial score (nSPS) is 12.6. The summed E-state index contributed by atoms with van der Waals surface area (Å²) in [5.41, 5.74) is 6.50. The van der Waals surface area contributed by atoms with Gasteiger partial charge in [-0.2, -0.15) is 0 Å². The Morgan fingerprint density at radius 2 is 2.12 bits per heavy atom. The highest BCUT2D eigenvalue weighted by atomic mass is 19.1. The summed E-state index contributed by atoms with van der Waals surface area (Å²) in [5, 5.41) is 2.84. The van der Waals surface area contributed by atoms with Crippen molar-refractivity contribution in [2.24, 2.45) is 11.7 Å². The van der Waals surface area contributed by atoms with Crippen LogP contribution >= 0.6 is 0 Å². The molecule has 0 heterocycles. The fourth-order valence-corrected chi connectivity index (χ4v) is 1.54. The molecule has 0 spiro atoms. The summed E-state index contributed by atoms with van der Waals surface area (Å²) in [6, 6.07) is 4.26. The molecule has 3 nitrogen and oxygen atoms in total. The van der Waals surface area contributed by atoms with E-state index >= 15 is 0 Å². The zero-order chi connectivity index (χ0) is 13.0. The molecule has 1 atom stereocenters. The number of nitrogens with two attached hydrogens (primary N) is 1. The van der Waals surface area contributed by atoms with Gasteiger partial charge in [-0.05, 0) is 36.6 Å². The molecule has 0 aromatic heterocycles. The molecule has 1 amide bonds. The Balaban J connectivity index is 2.79. The number of hydrogen-bond donors (Lipinski definition) is 2. The van der Waals surface area contributed by atoms with E-state index in [0.29, 0.717) is 17.7 Å². The lowest BCUT2D eigenvalue weighted by Crippen LogP contribution is -2.43. The number of hydrogen-bond acceptors (Lipinski definition) is 2. The monoisotopic (exact) mass is 238 g/mol. The third kappa shape index (κ3) is 3.53. The van der Waals surface area contributed by atoms with Crippen LogP contribution in [0.5, 0.6) is 0 Å². The molecular weight excluding hydrogens is 219 g/mol. The molecule has 0 aliphatic carbocycles. The van der Waals surface area contributed by atoms with Crippen molar-refractivity contribution in [2.45, 2.75) is 26.8 Å². The van der Waals surface area contributed by atoms with Crippen LogP contribution in [0.3, 0.4) is 0 Å². The van der Waals surface area contributed by atoms with E-state index in [2.05, 4.69) is 5.32 Å². The number of benzene rings is 1. The average molecular weight is 238 g/mol. The largest absolute Gasteiger partial charge is 0.348 e. The Labute approximate surface area is 101 Å². The maximum absolute atomic E-state index is 13.1. The number of nitrogens with one attached hydrogen (secondary N) is 1. The molecule has 1 rings (SSSR count). The van der Waals surface area contributed by atoms with Gasteiger partial charge in [0.2, 0.25) is 0 Å². The molecule has 1 aromatic rings. The maximum Gasteiger partial charge on any atom is 0.251 e. The molecule has 0 radical (unpaired) electrons. The molecule has 94 valence electrons. The van der Waals surface area contributed by atoms with Crippen LogP contribution in [0, 0.1) is 18.7 Å². The molecule has 0 fully saturated rings. The Hall–Kier alpha value is -1.42. The average Bonchev–Trinajstić information content (AvgIpc) is 2.28. The first-order valence-electron chi connectivity index (χ1n) is 5.72. The second kappa shape index (κ2) is 5.77. The summed E-state index contributed by atoms with van der Waals surface area (Å²) in [5.74, 6) is -0.247. The maximum atomic E-state index is 13.1. The van der Waals surface area contributed by atoms with E-state index in [0.717, 1.165) is 0 Å². The van der Waals surface area contributed by atoms with Gasteiger partial charge in [0.25, 0.3) is 5.91 Å². The third-order valence-corrected chi connectivity index (χ3v) is 2.80. The Bertz CT molecular complexity index is 404. The molecule has 0 aliphatic rings. The second-order valence-electron chi connectivity index (χ2n) is 4.52. The summed E-state index contributed by atoms with van der Waals surface area (Å²) < 4.78 is 13.1. The van der Waals surface area contributed by atoms with Crippen LogP contribution in [-0.2, 0) is 0 Å². The van der Waals surface area contributed by atoms with Crippen molar-refractivity contribution in [3.63, 3.8) is 0 Å². The Morgan fingerprint density at radius 1 is 1.47 bits per heavy atom. The van der Waals surface area contributed by atoms with Crippen molar-refractivity contribution in [2.75, 3.05) is 6.54 Å². The van der Waals surface area contributed by atoms with Gasteiger partial charge < -0.3 is 11.1 Å². The molecule has 0 bridgehead atoms. The van der Waals surface area contributed by atoms with E-state index in [1.54, 1.807) is 13.0 Å². The predicted octanol–water partition coefficient (Wildman–Crippen LogP) is 1.85.